The van der Waals surface area contributed by atoms with E-state index in [2.05, 4.69) is 99.2 Å². The van der Waals surface area contributed by atoms with Gasteiger partial charge in [-0.25, -0.2) is 0 Å². The molecule has 0 aromatic heterocycles. The molecule has 0 unspecified atom stereocenters. The van der Waals surface area contributed by atoms with Crippen LogP contribution < -0.4 is 0 Å². The lowest BCUT2D eigenvalue weighted by Crippen LogP contribution is -1.80. The molecule has 0 bridgehead atoms. The van der Waals surface area contributed by atoms with Crippen LogP contribution in [0, 0.1) is 3.57 Å². The van der Waals surface area contributed by atoms with Gasteiger partial charge in [0.05, 0.1) is 0 Å². The van der Waals surface area contributed by atoms with Crippen LogP contribution in [0.5, 0.6) is 0 Å². The molecule has 0 aliphatic rings. The lowest BCUT2D eigenvalue weighted by Gasteiger charge is -2.05. The van der Waals surface area contributed by atoms with E-state index in [1.807, 2.05) is 0 Å². The van der Waals surface area contributed by atoms with E-state index in [0.717, 1.165) is 4.47 Å². The predicted octanol–water partition coefficient (Wildman–Crippen LogP) is 5.87. The smallest absolute Gasteiger partial charge is 0.0181 e. The first-order valence-electron chi connectivity index (χ1n) is 5.68. The fourth-order valence-corrected chi connectivity index (χ4v) is 2.78. The minimum Gasteiger partial charge on any atom is -0.0537 e. The molecule has 0 spiro atoms. The van der Waals surface area contributed by atoms with E-state index in [-0.39, 0.29) is 0 Å². The van der Waals surface area contributed by atoms with E-state index in [9.17, 15) is 0 Å². The molecule has 0 aliphatic carbocycles. The summed E-state index contributed by atoms with van der Waals surface area (Å²) in [5.41, 5.74) is 2.53. The van der Waals surface area contributed by atoms with Crippen molar-refractivity contribution in [3.8, 4) is 11.1 Å². The summed E-state index contributed by atoms with van der Waals surface area (Å²) in [4.78, 5) is 0. The van der Waals surface area contributed by atoms with E-state index in [0.29, 0.717) is 0 Å². The van der Waals surface area contributed by atoms with Crippen molar-refractivity contribution in [3.05, 3.63) is 68.7 Å². The number of fused-ring (bicyclic) bond motifs is 1. The molecule has 0 saturated carbocycles. The molecular weight excluding hydrogens is 399 g/mol. The molecule has 0 saturated heterocycles. The minimum absolute atomic E-state index is 1.12. The zero-order chi connectivity index (χ0) is 12.5. The molecule has 0 nitrogen and oxygen atoms in total. The number of halogens is 2. The number of benzene rings is 3. The van der Waals surface area contributed by atoms with E-state index in [1.54, 1.807) is 0 Å². The third kappa shape index (κ3) is 2.45. The van der Waals surface area contributed by atoms with Crippen LogP contribution in [-0.4, -0.2) is 0 Å². The molecule has 18 heavy (non-hydrogen) atoms. The highest BCUT2D eigenvalue weighted by molar-refractivity contribution is 14.1. The first-order valence-corrected chi connectivity index (χ1v) is 7.55. The molecule has 0 radical (unpaired) electrons. The summed E-state index contributed by atoms with van der Waals surface area (Å²) in [5, 5.41) is 2.54. The van der Waals surface area contributed by atoms with Crippen molar-refractivity contribution in [2.75, 3.05) is 0 Å². The van der Waals surface area contributed by atoms with Crippen LogP contribution in [0.1, 0.15) is 0 Å². The van der Waals surface area contributed by atoms with Gasteiger partial charge in [0.15, 0.2) is 0 Å². The highest BCUT2D eigenvalue weighted by atomic mass is 127. The maximum absolute atomic E-state index is 3.50. The van der Waals surface area contributed by atoms with Gasteiger partial charge in [0.25, 0.3) is 0 Å². The summed E-state index contributed by atoms with van der Waals surface area (Å²) < 4.78 is 2.39. The van der Waals surface area contributed by atoms with Gasteiger partial charge in [-0.15, -0.1) is 0 Å². The van der Waals surface area contributed by atoms with Gasteiger partial charge in [-0.2, -0.15) is 0 Å². The predicted molar refractivity (Wildman–Crippen MR) is 89.8 cm³/mol. The Morgan fingerprint density at radius 3 is 2.06 bits per heavy atom. The zero-order valence-corrected chi connectivity index (χ0v) is 13.3. The second kappa shape index (κ2) is 5.02. The summed E-state index contributed by atoms with van der Waals surface area (Å²) in [6.45, 7) is 0. The summed E-state index contributed by atoms with van der Waals surface area (Å²) >= 11 is 5.83. The molecule has 88 valence electrons. The number of rotatable bonds is 1. The van der Waals surface area contributed by atoms with Crippen LogP contribution in [0.4, 0.5) is 0 Å². The Bertz CT molecular complexity index is 702. The highest BCUT2D eigenvalue weighted by Crippen LogP contribution is 2.26. The monoisotopic (exact) mass is 408 g/mol. The maximum atomic E-state index is 3.50. The number of hydrogen-bond acceptors (Lipinski definition) is 0. The quantitative estimate of drug-likeness (QED) is 0.441. The van der Waals surface area contributed by atoms with Crippen LogP contribution >= 0.6 is 38.5 Å². The zero-order valence-electron chi connectivity index (χ0n) is 9.53. The maximum Gasteiger partial charge on any atom is 0.0181 e. The Balaban J connectivity index is 2.13. The van der Waals surface area contributed by atoms with Gasteiger partial charge in [0.2, 0.25) is 0 Å². The molecule has 0 aliphatic heterocycles. The Morgan fingerprint density at radius 1 is 0.667 bits per heavy atom. The lowest BCUT2D eigenvalue weighted by molar-refractivity contribution is 1.60. The van der Waals surface area contributed by atoms with Crippen molar-refractivity contribution in [1.29, 1.82) is 0 Å². The third-order valence-electron chi connectivity index (χ3n) is 2.98. The summed E-state index contributed by atoms with van der Waals surface area (Å²) in [5.74, 6) is 0. The van der Waals surface area contributed by atoms with Crippen LogP contribution in [0.3, 0.4) is 0 Å². The van der Waals surface area contributed by atoms with Gasteiger partial charge in [0, 0.05) is 8.04 Å². The van der Waals surface area contributed by atoms with Crippen LogP contribution in [0.2, 0.25) is 0 Å². The molecule has 2 heteroatoms. The van der Waals surface area contributed by atoms with Crippen LogP contribution in [0.25, 0.3) is 21.9 Å². The first-order chi connectivity index (χ1) is 8.72. The highest BCUT2D eigenvalue weighted by Gasteiger charge is 2.00. The summed E-state index contributed by atoms with van der Waals surface area (Å²) in [6.07, 6.45) is 0. The van der Waals surface area contributed by atoms with Gasteiger partial charge < -0.3 is 0 Å². The van der Waals surface area contributed by atoms with E-state index >= 15 is 0 Å². The van der Waals surface area contributed by atoms with Crippen LogP contribution in [-0.2, 0) is 0 Å². The Labute approximate surface area is 128 Å². The molecule has 0 fully saturated rings. The Morgan fingerprint density at radius 2 is 1.28 bits per heavy atom. The SMILES string of the molecule is Brc1ccc2cc(-c3ccc(I)cc3)ccc2c1. The molecule has 0 atom stereocenters. The minimum atomic E-state index is 1.12. The Kier molecular flexibility index (Phi) is 3.39. The van der Waals surface area contributed by atoms with Crippen molar-refractivity contribution < 1.29 is 0 Å². The van der Waals surface area contributed by atoms with Gasteiger partial charge in [-0.05, 0) is 74.8 Å². The Hall–Kier alpha value is -0.870. The number of hydrogen-bond donors (Lipinski definition) is 0. The van der Waals surface area contributed by atoms with Crippen molar-refractivity contribution in [2.24, 2.45) is 0 Å². The van der Waals surface area contributed by atoms with Crippen molar-refractivity contribution in [3.63, 3.8) is 0 Å². The first kappa shape index (κ1) is 12.2. The second-order valence-electron chi connectivity index (χ2n) is 4.21. The normalized spacial score (nSPS) is 10.8. The fourth-order valence-electron chi connectivity index (χ4n) is 2.04. The van der Waals surface area contributed by atoms with Crippen molar-refractivity contribution >= 4 is 49.3 Å². The molecule has 0 heterocycles. The standard InChI is InChI=1S/C16H10BrI/c17-15-6-3-13-9-12(1-2-14(13)10-15)11-4-7-16(18)8-5-11/h1-10H. The van der Waals surface area contributed by atoms with E-state index in [4.69, 9.17) is 0 Å². The van der Waals surface area contributed by atoms with E-state index < -0.39 is 0 Å². The largest absolute Gasteiger partial charge is 0.0537 e. The van der Waals surface area contributed by atoms with Gasteiger partial charge >= 0.3 is 0 Å². The summed E-state index contributed by atoms with van der Waals surface area (Å²) in [7, 11) is 0. The van der Waals surface area contributed by atoms with Gasteiger partial charge in [-0.1, -0.05) is 46.3 Å². The summed E-state index contributed by atoms with van der Waals surface area (Å²) in [6, 6.07) is 21.6. The molecule has 3 aromatic carbocycles. The fraction of sp³-hybridized carbons (Fsp3) is 0. The molecule has 3 rings (SSSR count). The van der Waals surface area contributed by atoms with Crippen LogP contribution in [0.15, 0.2) is 65.1 Å². The molecule has 0 N–H and O–H groups in total. The third-order valence-corrected chi connectivity index (χ3v) is 4.19. The molecular formula is C16H10BrI. The van der Waals surface area contributed by atoms with Gasteiger partial charge in [-0.3, -0.25) is 0 Å². The van der Waals surface area contributed by atoms with Gasteiger partial charge in [0.1, 0.15) is 0 Å². The average molecular weight is 409 g/mol. The molecule has 3 aromatic rings. The van der Waals surface area contributed by atoms with E-state index in [1.165, 1.54) is 25.5 Å². The second-order valence-corrected chi connectivity index (χ2v) is 6.37. The molecule has 0 amide bonds. The van der Waals surface area contributed by atoms with Crippen molar-refractivity contribution in [1.82, 2.24) is 0 Å². The lowest BCUT2D eigenvalue weighted by atomic mass is 10.0. The average Bonchev–Trinajstić information content (AvgIpc) is 2.39. The topological polar surface area (TPSA) is 0 Å². The van der Waals surface area contributed by atoms with Crippen molar-refractivity contribution in [2.45, 2.75) is 0 Å².